The third-order valence-electron chi connectivity index (χ3n) is 7.98. The number of aryl methyl sites for hydroxylation is 2. The smallest absolute Gasteiger partial charge is 0.283 e. The lowest BCUT2D eigenvalue weighted by Crippen LogP contribution is -2.30. The predicted molar refractivity (Wildman–Crippen MR) is 173 cm³/mol. The van der Waals surface area contributed by atoms with Gasteiger partial charge in [-0.05, 0) is 85.9 Å². The molecule has 12 heteroatoms. The van der Waals surface area contributed by atoms with E-state index >= 15 is 0 Å². The Bertz CT molecular complexity index is 1930. The van der Waals surface area contributed by atoms with Crippen LogP contribution in [0, 0.1) is 47.1 Å². The van der Waals surface area contributed by atoms with Crippen molar-refractivity contribution in [3.05, 3.63) is 87.0 Å². The van der Waals surface area contributed by atoms with Crippen LogP contribution in [0.4, 0.5) is 17.1 Å². The summed E-state index contributed by atoms with van der Waals surface area (Å²) < 4.78 is 1.30. The van der Waals surface area contributed by atoms with Crippen molar-refractivity contribution in [2.24, 2.45) is 11.8 Å². The number of nitrogens with one attached hydrogen (secondary N) is 1. The summed E-state index contributed by atoms with van der Waals surface area (Å²) in [5, 5.41) is 24.4. The van der Waals surface area contributed by atoms with E-state index in [1.807, 2.05) is 26.0 Å². The summed E-state index contributed by atoms with van der Waals surface area (Å²) in [6.45, 7) is 3.80. The molecule has 2 heterocycles. The fourth-order valence-electron chi connectivity index (χ4n) is 6.00. The molecule has 226 valence electrons. The number of thiazole rings is 1. The van der Waals surface area contributed by atoms with Crippen LogP contribution >= 0.6 is 23.1 Å². The molecule has 0 bridgehead atoms. The number of carbonyl (C=O) groups excluding carboxylic acids is 3. The van der Waals surface area contributed by atoms with E-state index in [1.165, 1.54) is 28.4 Å². The largest absolute Gasteiger partial charge is 0.321 e. The molecule has 1 aliphatic heterocycles. The highest BCUT2D eigenvalue weighted by Crippen LogP contribution is 2.43. The first-order valence-electron chi connectivity index (χ1n) is 14.4. The van der Waals surface area contributed by atoms with Gasteiger partial charge in [0.1, 0.15) is 11.6 Å². The van der Waals surface area contributed by atoms with Crippen LogP contribution in [0.3, 0.4) is 0 Å². The number of imide groups is 1. The van der Waals surface area contributed by atoms with Gasteiger partial charge in [-0.25, -0.2) is 4.98 Å². The Morgan fingerprint density at radius 2 is 1.76 bits per heavy atom. The molecule has 1 saturated heterocycles. The topological polar surface area (TPSA) is 146 Å². The fourth-order valence-corrected chi connectivity index (χ4v) is 8.14. The Morgan fingerprint density at radius 1 is 1.07 bits per heavy atom. The lowest BCUT2D eigenvalue weighted by atomic mass is 9.81. The standard InChI is InChI=1S/C33H27N5O5S2/c1-18-11-19(2)13-22(12-18)35-30(39)21(17-34)14-20-7-10-28(27(15-20)38(42)43)44-33-36-26-9-8-23(16-29(26)45-33)37-31(40)24-5-3-4-6-25(24)32(37)41/h7-16,24-25H,3-6H2,1-2H3,(H,35,39)/b21-14+/t24-,25-/m0/s1. The predicted octanol–water partition coefficient (Wildman–Crippen LogP) is 7.20. The molecule has 0 unspecified atom stereocenters. The molecule has 1 N–H and O–H groups in total. The summed E-state index contributed by atoms with van der Waals surface area (Å²) in [5.41, 5.74) is 3.57. The Labute approximate surface area is 266 Å². The van der Waals surface area contributed by atoms with Crippen LogP contribution < -0.4 is 10.2 Å². The Hall–Kier alpha value is -4.86. The fraction of sp³-hybridized carbons (Fsp3) is 0.242. The summed E-state index contributed by atoms with van der Waals surface area (Å²) in [7, 11) is 0. The summed E-state index contributed by atoms with van der Waals surface area (Å²) >= 11 is 2.43. The molecule has 6 rings (SSSR count). The second-order valence-electron chi connectivity index (χ2n) is 11.2. The van der Waals surface area contributed by atoms with Crippen LogP contribution in [0.5, 0.6) is 0 Å². The maximum Gasteiger partial charge on any atom is 0.283 e. The number of anilines is 2. The molecule has 1 aromatic heterocycles. The van der Waals surface area contributed by atoms with Gasteiger partial charge in [0.05, 0.1) is 37.6 Å². The van der Waals surface area contributed by atoms with Crippen LogP contribution in [0.15, 0.2) is 69.4 Å². The highest BCUT2D eigenvalue weighted by atomic mass is 32.2. The van der Waals surface area contributed by atoms with Crippen molar-refractivity contribution >= 4 is 74.2 Å². The second kappa shape index (κ2) is 12.3. The molecule has 3 amide bonds. The minimum absolute atomic E-state index is 0.143. The summed E-state index contributed by atoms with van der Waals surface area (Å²) in [6.07, 6.45) is 4.69. The summed E-state index contributed by atoms with van der Waals surface area (Å²) in [4.78, 5) is 56.7. The van der Waals surface area contributed by atoms with Crippen molar-refractivity contribution in [1.82, 2.24) is 4.98 Å². The van der Waals surface area contributed by atoms with Crippen molar-refractivity contribution < 1.29 is 19.3 Å². The Morgan fingerprint density at radius 3 is 2.40 bits per heavy atom. The molecule has 10 nitrogen and oxygen atoms in total. The SMILES string of the molecule is Cc1cc(C)cc(NC(=O)/C(C#N)=C/c2ccc(Sc3nc4ccc(N5C(=O)[C@H]6CCCC[C@@H]6C5=O)cc4s3)c([N+](=O)[O-])c2)c1. The highest BCUT2D eigenvalue weighted by Gasteiger charge is 2.48. The van der Waals surface area contributed by atoms with Gasteiger partial charge in [-0.1, -0.05) is 36.7 Å². The van der Waals surface area contributed by atoms with Gasteiger partial charge in [0.25, 0.3) is 11.6 Å². The molecule has 0 radical (unpaired) electrons. The average Bonchev–Trinajstić information content (AvgIpc) is 3.52. The van der Waals surface area contributed by atoms with Gasteiger partial charge in [0, 0.05) is 11.8 Å². The van der Waals surface area contributed by atoms with Crippen molar-refractivity contribution in [1.29, 1.82) is 5.26 Å². The van der Waals surface area contributed by atoms with Gasteiger partial charge in [-0.15, -0.1) is 11.3 Å². The first-order chi connectivity index (χ1) is 21.6. The molecule has 0 spiro atoms. The lowest BCUT2D eigenvalue weighted by Gasteiger charge is -2.19. The number of nitro groups is 1. The van der Waals surface area contributed by atoms with Gasteiger partial charge < -0.3 is 5.32 Å². The van der Waals surface area contributed by atoms with Crippen molar-refractivity contribution in [2.75, 3.05) is 10.2 Å². The van der Waals surface area contributed by atoms with Crippen molar-refractivity contribution in [3.63, 3.8) is 0 Å². The summed E-state index contributed by atoms with van der Waals surface area (Å²) in [6, 6.07) is 17.2. The molecule has 1 aliphatic carbocycles. The average molecular weight is 638 g/mol. The number of aromatic nitrogens is 1. The number of hydrogen-bond donors (Lipinski definition) is 1. The maximum atomic E-state index is 13.1. The molecule has 2 aliphatic rings. The quantitative estimate of drug-likeness (QED) is 0.0736. The van der Waals surface area contributed by atoms with E-state index in [0.29, 0.717) is 31.7 Å². The molecular formula is C33H27N5O5S2. The van der Waals surface area contributed by atoms with E-state index < -0.39 is 10.8 Å². The van der Waals surface area contributed by atoms with Crippen molar-refractivity contribution in [3.8, 4) is 6.07 Å². The van der Waals surface area contributed by atoms with Gasteiger partial charge in [0.2, 0.25) is 11.8 Å². The zero-order valence-electron chi connectivity index (χ0n) is 24.4. The third kappa shape index (κ3) is 6.09. The molecule has 3 aromatic carbocycles. The van der Waals surface area contributed by atoms with Crippen LogP contribution in [0.1, 0.15) is 42.4 Å². The zero-order valence-corrected chi connectivity index (χ0v) is 26.0. The van der Waals surface area contributed by atoms with E-state index in [1.54, 1.807) is 42.5 Å². The number of carbonyl (C=O) groups is 3. The van der Waals surface area contributed by atoms with E-state index in [0.717, 1.165) is 53.3 Å². The molecule has 4 aromatic rings. The van der Waals surface area contributed by atoms with Crippen LogP contribution in [0.25, 0.3) is 16.3 Å². The lowest BCUT2D eigenvalue weighted by molar-refractivity contribution is -0.387. The number of benzene rings is 3. The first kappa shape index (κ1) is 30.2. The van der Waals surface area contributed by atoms with Crippen molar-refractivity contribution in [2.45, 2.75) is 48.8 Å². The number of nitriles is 1. The normalized spacial score (nSPS) is 18.2. The van der Waals surface area contributed by atoms with Gasteiger partial charge >= 0.3 is 0 Å². The van der Waals surface area contributed by atoms with E-state index in [9.17, 15) is 29.8 Å². The van der Waals surface area contributed by atoms with Crippen LogP contribution in [0.2, 0.25) is 0 Å². The van der Waals surface area contributed by atoms with Gasteiger partial charge in [-0.2, -0.15) is 5.26 Å². The second-order valence-corrected chi connectivity index (χ2v) is 13.5. The number of fused-ring (bicyclic) bond motifs is 2. The number of rotatable bonds is 7. The molecule has 45 heavy (non-hydrogen) atoms. The van der Waals surface area contributed by atoms with Gasteiger partial charge in [0.15, 0.2) is 4.34 Å². The monoisotopic (exact) mass is 637 g/mol. The minimum atomic E-state index is -0.617. The van der Waals surface area contributed by atoms with E-state index in [2.05, 4.69) is 10.3 Å². The van der Waals surface area contributed by atoms with E-state index in [-0.39, 0.29) is 34.9 Å². The molecule has 1 saturated carbocycles. The Kier molecular flexibility index (Phi) is 8.22. The number of nitro benzene ring substituents is 1. The number of nitrogens with zero attached hydrogens (tertiary/aromatic N) is 4. The van der Waals surface area contributed by atoms with Crippen LogP contribution in [-0.4, -0.2) is 27.6 Å². The Balaban J connectivity index is 1.23. The minimum Gasteiger partial charge on any atom is -0.321 e. The van der Waals surface area contributed by atoms with Gasteiger partial charge in [-0.3, -0.25) is 29.4 Å². The van der Waals surface area contributed by atoms with Crippen LogP contribution in [-0.2, 0) is 14.4 Å². The zero-order chi connectivity index (χ0) is 31.8. The number of amides is 3. The highest BCUT2D eigenvalue weighted by molar-refractivity contribution is 8.01. The summed E-state index contributed by atoms with van der Waals surface area (Å²) in [5.74, 6) is -1.40. The number of hydrogen-bond acceptors (Lipinski definition) is 9. The first-order valence-corrected chi connectivity index (χ1v) is 16.0. The molecular weight excluding hydrogens is 611 g/mol. The maximum absolute atomic E-state index is 13.1. The third-order valence-corrected chi connectivity index (χ3v) is 10.1. The molecule has 2 fully saturated rings. The van der Waals surface area contributed by atoms with E-state index in [4.69, 9.17) is 0 Å². The molecule has 2 atom stereocenters.